The van der Waals surface area contributed by atoms with E-state index in [0.29, 0.717) is 5.82 Å². The molecule has 0 atom stereocenters. The van der Waals surface area contributed by atoms with Crippen LogP contribution in [0.1, 0.15) is 24.8 Å². The monoisotopic (exact) mass is 162 g/mol. The van der Waals surface area contributed by atoms with Crippen molar-refractivity contribution in [1.29, 1.82) is 0 Å². The summed E-state index contributed by atoms with van der Waals surface area (Å²) in [6.07, 6.45) is 7.01. The van der Waals surface area contributed by atoms with Crippen molar-refractivity contribution in [2.45, 2.75) is 25.7 Å². The Morgan fingerprint density at radius 2 is 2.33 bits per heavy atom. The number of hydrogen-bond acceptors (Lipinski definition) is 2. The van der Waals surface area contributed by atoms with Crippen LogP contribution in [0.5, 0.6) is 0 Å². The molecule has 0 aromatic carbocycles. The van der Waals surface area contributed by atoms with Gasteiger partial charge in [-0.25, -0.2) is 4.98 Å². The normalized spacial score (nSPS) is 17.3. The Morgan fingerprint density at radius 1 is 1.50 bits per heavy atom. The van der Waals surface area contributed by atoms with Crippen LogP contribution in [-0.2, 0) is 6.42 Å². The van der Waals surface area contributed by atoms with E-state index in [0.717, 1.165) is 12.3 Å². The van der Waals surface area contributed by atoms with E-state index >= 15 is 0 Å². The molecule has 0 aliphatic heterocycles. The Balaban J connectivity index is 2.06. The molecule has 1 aliphatic carbocycles. The van der Waals surface area contributed by atoms with Crippen LogP contribution in [0, 0.1) is 5.92 Å². The topological polar surface area (TPSA) is 38.9 Å². The van der Waals surface area contributed by atoms with Crippen molar-refractivity contribution in [1.82, 2.24) is 4.98 Å². The molecule has 1 aromatic heterocycles. The van der Waals surface area contributed by atoms with Gasteiger partial charge >= 0.3 is 0 Å². The third kappa shape index (κ3) is 1.42. The molecule has 0 saturated heterocycles. The lowest BCUT2D eigenvalue weighted by Gasteiger charge is -2.25. The molecule has 1 aromatic rings. The van der Waals surface area contributed by atoms with Gasteiger partial charge in [-0.1, -0.05) is 25.3 Å². The average molecular weight is 162 g/mol. The smallest absolute Gasteiger partial charge is 0.126 e. The fourth-order valence-corrected chi connectivity index (χ4v) is 1.63. The number of hydrogen-bond donors (Lipinski definition) is 1. The zero-order valence-electron chi connectivity index (χ0n) is 7.16. The van der Waals surface area contributed by atoms with E-state index < -0.39 is 0 Å². The van der Waals surface area contributed by atoms with E-state index in [1.807, 2.05) is 6.07 Å². The fourth-order valence-electron chi connectivity index (χ4n) is 1.63. The summed E-state index contributed by atoms with van der Waals surface area (Å²) in [5.74, 6) is 1.58. The van der Waals surface area contributed by atoms with Gasteiger partial charge in [0.25, 0.3) is 0 Å². The number of nitrogen functional groups attached to an aromatic ring is 1. The molecule has 1 saturated carbocycles. The van der Waals surface area contributed by atoms with E-state index in [-0.39, 0.29) is 0 Å². The molecule has 12 heavy (non-hydrogen) atoms. The number of pyridine rings is 1. The maximum atomic E-state index is 5.74. The van der Waals surface area contributed by atoms with E-state index in [2.05, 4.69) is 11.1 Å². The lowest BCUT2D eigenvalue weighted by atomic mass is 9.81. The SMILES string of the molecule is Nc1ncccc1CC1CCC1. The summed E-state index contributed by atoms with van der Waals surface area (Å²) in [5.41, 5.74) is 6.96. The summed E-state index contributed by atoms with van der Waals surface area (Å²) in [6.45, 7) is 0. The van der Waals surface area contributed by atoms with Gasteiger partial charge in [-0.3, -0.25) is 0 Å². The van der Waals surface area contributed by atoms with Crippen molar-refractivity contribution in [3.05, 3.63) is 23.9 Å². The van der Waals surface area contributed by atoms with Crippen molar-refractivity contribution in [3.63, 3.8) is 0 Å². The number of anilines is 1. The maximum Gasteiger partial charge on any atom is 0.126 e. The molecule has 0 bridgehead atoms. The molecule has 2 heteroatoms. The highest BCUT2D eigenvalue weighted by atomic mass is 14.8. The minimum atomic E-state index is 0.712. The van der Waals surface area contributed by atoms with E-state index in [1.165, 1.54) is 24.8 Å². The third-order valence-corrected chi connectivity index (χ3v) is 2.66. The number of aromatic nitrogens is 1. The Morgan fingerprint density at radius 3 is 2.92 bits per heavy atom. The molecule has 0 amide bonds. The molecule has 64 valence electrons. The molecule has 2 rings (SSSR count). The fraction of sp³-hybridized carbons (Fsp3) is 0.500. The zero-order valence-corrected chi connectivity index (χ0v) is 7.16. The van der Waals surface area contributed by atoms with Crippen LogP contribution in [0.2, 0.25) is 0 Å². The Hall–Kier alpha value is -1.05. The second-order valence-corrected chi connectivity index (χ2v) is 3.55. The van der Waals surface area contributed by atoms with Crippen LogP contribution in [0.3, 0.4) is 0 Å². The van der Waals surface area contributed by atoms with Gasteiger partial charge in [-0.05, 0) is 24.0 Å². The first kappa shape index (κ1) is 7.59. The van der Waals surface area contributed by atoms with Crippen molar-refractivity contribution < 1.29 is 0 Å². The molecule has 0 spiro atoms. The molecule has 0 radical (unpaired) electrons. The second kappa shape index (κ2) is 3.13. The van der Waals surface area contributed by atoms with Crippen LogP contribution in [0.25, 0.3) is 0 Å². The summed E-state index contributed by atoms with van der Waals surface area (Å²) < 4.78 is 0. The second-order valence-electron chi connectivity index (χ2n) is 3.55. The Kier molecular flexibility index (Phi) is 1.98. The zero-order chi connectivity index (χ0) is 8.39. The molecular formula is C10H14N2. The van der Waals surface area contributed by atoms with Crippen LogP contribution >= 0.6 is 0 Å². The van der Waals surface area contributed by atoms with E-state index in [4.69, 9.17) is 5.73 Å². The predicted molar refractivity (Wildman–Crippen MR) is 49.7 cm³/mol. The van der Waals surface area contributed by atoms with Gasteiger partial charge in [0.2, 0.25) is 0 Å². The van der Waals surface area contributed by atoms with Crippen LogP contribution in [-0.4, -0.2) is 4.98 Å². The minimum Gasteiger partial charge on any atom is -0.383 e. The lowest BCUT2D eigenvalue weighted by Crippen LogP contribution is -2.14. The first-order chi connectivity index (χ1) is 5.86. The van der Waals surface area contributed by atoms with Gasteiger partial charge in [0.1, 0.15) is 5.82 Å². The Bertz CT molecular complexity index is 266. The number of rotatable bonds is 2. The summed E-state index contributed by atoms with van der Waals surface area (Å²) in [7, 11) is 0. The summed E-state index contributed by atoms with van der Waals surface area (Å²) in [5, 5.41) is 0. The van der Waals surface area contributed by atoms with Gasteiger partial charge in [0.15, 0.2) is 0 Å². The van der Waals surface area contributed by atoms with Gasteiger partial charge in [-0.15, -0.1) is 0 Å². The highest BCUT2D eigenvalue weighted by Gasteiger charge is 2.18. The molecule has 0 unspecified atom stereocenters. The standard InChI is InChI=1S/C10H14N2/c11-10-9(5-2-6-12-10)7-8-3-1-4-8/h2,5-6,8H,1,3-4,7H2,(H2,11,12). The molecule has 2 nitrogen and oxygen atoms in total. The quantitative estimate of drug-likeness (QED) is 0.722. The average Bonchev–Trinajstić information content (AvgIpc) is 2.00. The van der Waals surface area contributed by atoms with Crippen LogP contribution in [0.4, 0.5) is 5.82 Å². The summed E-state index contributed by atoms with van der Waals surface area (Å²) in [4.78, 5) is 4.07. The largest absolute Gasteiger partial charge is 0.383 e. The van der Waals surface area contributed by atoms with Gasteiger partial charge < -0.3 is 5.73 Å². The van der Waals surface area contributed by atoms with Crippen molar-refractivity contribution in [3.8, 4) is 0 Å². The summed E-state index contributed by atoms with van der Waals surface area (Å²) >= 11 is 0. The predicted octanol–water partition coefficient (Wildman–Crippen LogP) is 2.01. The summed E-state index contributed by atoms with van der Waals surface area (Å²) in [6, 6.07) is 4.05. The van der Waals surface area contributed by atoms with Crippen molar-refractivity contribution >= 4 is 5.82 Å². The molecule has 1 heterocycles. The van der Waals surface area contributed by atoms with Crippen LogP contribution in [0.15, 0.2) is 18.3 Å². The van der Waals surface area contributed by atoms with Gasteiger partial charge in [-0.2, -0.15) is 0 Å². The van der Waals surface area contributed by atoms with Crippen LogP contribution < -0.4 is 5.73 Å². The third-order valence-electron chi connectivity index (χ3n) is 2.66. The van der Waals surface area contributed by atoms with Crippen molar-refractivity contribution in [2.75, 3.05) is 5.73 Å². The highest BCUT2D eigenvalue weighted by molar-refractivity contribution is 5.38. The lowest BCUT2D eigenvalue weighted by molar-refractivity contribution is 0.314. The number of nitrogens with two attached hydrogens (primary N) is 1. The van der Waals surface area contributed by atoms with E-state index in [9.17, 15) is 0 Å². The first-order valence-corrected chi connectivity index (χ1v) is 4.55. The maximum absolute atomic E-state index is 5.74. The molecular weight excluding hydrogens is 148 g/mol. The molecule has 2 N–H and O–H groups in total. The minimum absolute atomic E-state index is 0.712. The van der Waals surface area contributed by atoms with E-state index in [1.54, 1.807) is 6.20 Å². The van der Waals surface area contributed by atoms with Crippen molar-refractivity contribution in [2.24, 2.45) is 5.92 Å². The van der Waals surface area contributed by atoms with Gasteiger partial charge in [0.05, 0.1) is 0 Å². The number of nitrogens with zero attached hydrogens (tertiary/aromatic N) is 1. The molecule has 1 fully saturated rings. The molecule has 1 aliphatic rings. The Labute approximate surface area is 72.8 Å². The first-order valence-electron chi connectivity index (χ1n) is 4.55. The highest BCUT2D eigenvalue weighted by Crippen LogP contribution is 2.30. The van der Waals surface area contributed by atoms with Gasteiger partial charge in [0, 0.05) is 6.20 Å².